The van der Waals surface area contributed by atoms with Crippen molar-refractivity contribution in [1.82, 2.24) is 30.0 Å². The highest BCUT2D eigenvalue weighted by atomic mass is 32.2. The second kappa shape index (κ2) is 32.9. The van der Waals surface area contributed by atoms with Crippen LogP contribution in [0.25, 0.3) is 33.3 Å². The minimum Gasteiger partial charge on any atom is -0.399 e. The molecule has 0 bridgehead atoms. The number of anilines is 1. The SMILES string of the molecule is C1CCCC1.C=CCCC(C)(C)Cc1c(-c2cc(C#CCN(C)C3CCS(=C)(=C)CC3)cnc2C(C)CC)n(CC)c2ccc(-c3cc(C)cc(CC(NC(=C)C(C(C)C)N(C)C=C)C(=C)CCCCNC)c3)cc12.Nc1ccccc1. The Bertz CT molecular complexity index is 2990. The highest BCUT2D eigenvalue weighted by molar-refractivity contribution is 8.27. The van der Waals surface area contributed by atoms with E-state index in [4.69, 9.17) is 17.3 Å². The molecule has 0 radical (unpaired) electrons. The molecule has 1 saturated heterocycles. The number of nitrogens with one attached hydrogen (secondary N) is 2. The van der Waals surface area contributed by atoms with Crippen LogP contribution in [0.2, 0.25) is 0 Å². The molecule has 7 nitrogen and oxygen atoms in total. The van der Waals surface area contributed by atoms with Gasteiger partial charge in [0, 0.05) is 59.2 Å². The van der Waals surface area contributed by atoms with Crippen molar-refractivity contribution in [2.75, 3.05) is 51.5 Å². The number of allylic oxidation sites excluding steroid dienone is 1. The van der Waals surface area contributed by atoms with E-state index in [9.17, 15) is 0 Å². The monoisotopic (exact) mass is 1130 g/mol. The molecule has 2 fully saturated rings. The molecule has 1 saturated carbocycles. The number of hydrogen-bond acceptors (Lipinski definition) is 6. The molecule has 4 N–H and O–H groups in total. The Morgan fingerprint density at radius 3 is 2.18 bits per heavy atom. The summed E-state index contributed by atoms with van der Waals surface area (Å²) in [4.78, 5) is 9.88. The van der Waals surface area contributed by atoms with Crippen molar-refractivity contribution in [2.45, 2.75) is 182 Å². The van der Waals surface area contributed by atoms with Gasteiger partial charge in [0.2, 0.25) is 0 Å². The fourth-order valence-corrected chi connectivity index (χ4v) is 13.8. The number of hydrogen-bond donors (Lipinski definition) is 3. The number of para-hydroxylation sites is 1. The lowest BCUT2D eigenvalue weighted by Crippen LogP contribution is -2.43. The van der Waals surface area contributed by atoms with Crippen molar-refractivity contribution in [3.63, 3.8) is 0 Å². The lowest BCUT2D eigenvalue weighted by atomic mass is 9.79. The van der Waals surface area contributed by atoms with Gasteiger partial charge in [-0.2, -0.15) is 0 Å². The number of aryl methyl sites for hydroxylation is 2. The molecule has 8 heteroatoms. The Hall–Kier alpha value is -5.72. The van der Waals surface area contributed by atoms with Gasteiger partial charge in [0.25, 0.3) is 0 Å². The number of pyridine rings is 1. The van der Waals surface area contributed by atoms with Crippen molar-refractivity contribution in [3.8, 4) is 34.2 Å². The topological polar surface area (TPSA) is 74.4 Å². The van der Waals surface area contributed by atoms with Crippen molar-refractivity contribution in [2.24, 2.45) is 11.3 Å². The number of unbranched alkanes of at least 4 members (excludes halogenated alkanes) is 1. The molecule has 7 rings (SSSR count). The first-order chi connectivity index (χ1) is 39.2. The van der Waals surface area contributed by atoms with Gasteiger partial charge in [-0.3, -0.25) is 9.88 Å². The predicted octanol–water partition coefficient (Wildman–Crippen LogP) is 17.1. The molecule has 1 aliphatic heterocycles. The van der Waals surface area contributed by atoms with E-state index < -0.39 is 9.21 Å². The van der Waals surface area contributed by atoms with E-state index in [1.807, 2.05) is 49.8 Å². The van der Waals surface area contributed by atoms with E-state index in [0.717, 1.165) is 118 Å². The summed E-state index contributed by atoms with van der Waals surface area (Å²) in [5.41, 5.74) is 20.7. The average molecular weight is 1130 g/mol. The summed E-state index contributed by atoms with van der Waals surface area (Å²) >= 11 is 0. The first kappa shape index (κ1) is 67.1. The fraction of sp³-hybridized carbons (Fsp3) is 0.500. The van der Waals surface area contributed by atoms with E-state index >= 15 is 0 Å². The third kappa shape index (κ3) is 20.0. The molecule has 3 aromatic carbocycles. The maximum Gasteiger partial charge on any atom is 0.0696 e. The third-order valence-corrected chi connectivity index (χ3v) is 19.3. The zero-order chi connectivity index (χ0) is 60.0. The van der Waals surface area contributed by atoms with Gasteiger partial charge >= 0.3 is 0 Å². The minimum atomic E-state index is -0.924. The van der Waals surface area contributed by atoms with Crippen LogP contribution in [0.3, 0.4) is 0 Å². The predicted molar refractivity (Wildman–Crippen MR) is 368 cm³/mol. The second-order valence-electron chi connectivity index (χ2n) is 25.1. The quantitative estimate of drug-likeness (QED) is 0.0168. The minimum absolute atomic E-state index is 0.0345. The molecule has 2 aliphatic rings. The first-order valence-electron chi connectivity index (χ1n) is 31.1. The number of nitrogens with two attached hydrogens (primary N) is 1. The van der Waals surface area contributed by atoms with Gasteiger partial charge in [-0.05, 0) is 186 Å². The average Bonchev–Trinajstić information content (AvgIpc) is 4.36. The summed E-state index contributed by atoms with van der Waals surface area (Å²) in [5.74, 6) is 18.9. The number of benzene rings is 3. The molecular formula is C74H109N7S. The molecule has 3 unspecified atom stereocenters. The van der Waals surface area contributed by atoms with Crippen molar-refractivity contribution >= 4 is 37.5 Å². The normalized spacial score (nSPS) is 15.3. The van der Waals surface area contributed by atoms with Gasteiger partial charge in [-0.15, -0.1) is 6.58 Å². The van der Waals surface area contributed by atoms with Crippen LogP contribution < -0.4 is 16.4 Å². The first-order valence-corrected chi connectivity index (χ1v) is 33.4. The van der Waals surface area contributed by atoms with Crippen LogP contribution >= 0.6 is 9.21 Å². The van der Waals surface area contributed by atoms with Gasteiger partial charge in [-0.25, -0.2) is 9.21 Å². The van der Waals surface area contributed by atoms with Crippen LogP contribution in [-0.2, 0) is 19.4 Å². The lowest BCUT2D eigenvalue weighted by molar-refractivity contribution is 0.255. The Morgan fingerprint density at radius 2 is 1.60 bits per heavy atom. The van der Waals surface area contributed by atoms with Crippen LogP contribution in [-0.4, -0.2) is 95.0 Å². The van der Waals surface area contributed by atoms with Gasteiger partial charge in [0.15, 0.2) is 0 Å². The van der Waals surface area contributed by atoms with Crippen molar-refractivity contribution < 1.29 is 0 Å². The van der Waals surface area contributed by atoms with Gasteiger partial charge in [0.05, 0.1) is 30.0 Å². The van der Waals surface area contributed by atoms with Gasteiger partial charge < -0.3 is 25.8 Å². The standard InChI is InChI=1S/C63H92N6S.C6H7N.C5H10/c1-18-22-32-63(11,12)43-57-55-42-52(53-38-46(7)37-51(39-53)41-58(48(9)26-23-24-33-64-13)66-49(10)61(45(5)6)67(14)20-3)28-29-59(55)69(21-4)62(57)56-40-50(44-65-60(56)47(8)19-2)27-25-34-68(15)54-30-35-70(16,17)36-31-54;7-6-4-2-1-3-5-6;1-2-4-5-3-1/h18,20,28-29,37-40,42,44-45,47,54,58,61,64,66H,1,3,9-10,16-17,19,21-24,26,30-36,41,43H2,2,4-8,11-15H3;1-5H,7H2;1-5H2. The Morgan fingerprint density at radius 1 is 0.915 bits per heavy atom. The summed E-state index contributed by atoms with van der Waals surface area (Å²) in [6, 6.07) is 26.9. The Labute approximate surface area is 500 Å². The van der Waals surface area contributed by atoms with E-state index in [2.05, 4.69) is 186 Å². The number of aromatic nitrogens is 2. The van der Waals surface area contributed by atoms with Crippen LogP contribution in [0.5, 0.6) is 0 Å². The summed E-state index contributed by atoms with van der Waals surface area (Å²) in [5, 5.41) is 8.53. The summed E-state index contributed by atoms with van der Waals surface area (Å²) < 4.78 is 2.56. The van der Waals surface area contributed by atoms with E-state index in [-0.39, 0.29) is 23.4 Å². The molecule has 1 aliphatic carbocycles. The Balaban J connectivity index is 0.000000907. The molecule has 82 heavy (non-hydrogen) atoms. The molecule has 0 spiro atoms. The maximum atomic E-state index is 5.36. The van der Waals surface area contributed by atoms with Crippen LogP contribution in [0.4, 0.5) is 5.69 Å². The van der Waals surface area contributed by atoms with Gasteiger partial charge in [-0.1, -0.05) is 177 Å². The summed E-state index contributed by atoms with van der Waals surface area (Å²) in [6.07, 6.45) is 23.8. The molecular weight excluding hydrogens is 1020 g/mol. The smallest absolute Gasteiger partial charge is 0.0696 e. The van der Waals surface area contributed by atoms with Crippen LogP contribution in [0.1, 0.15) is 166 Å². The zero-order valence-corrected chi connectivity index (χ0v) is 54.0. The number of likely N-dealkylation sites (N-methyl/N-ethyl adjacent to an activating group) is 1. The second-order valence-corrected chi connectivity index (χ2v) is 28.4. The molecule has 3 heterocycles. The zero-order valence-electron chi connectivity index (χ0n) is 53.2. The fourth-order valence-electron chi connectivity index (χ4n) is 12.0. The number of nitrogens with zero attached hydrogens (tertiary/aromatic N) is 4. The van der Waals surface area contributed by atoms with Crippen molar-refractivity contribution in [3.05, 3.63) is 157 Å². The van der Waals surface area contributed by atoms with Crippen molar-refractivity contribution in [1.29, 1.82) is 0 Å². The Kier molecular flexibility index (Phi) is 27.0. The van der Waals surface area contributed by atoms with Gasteiger partial charge in [0.1, 0.15) is 0 Å². The lowest BCUT2D eigenvalue weighted by Gasteiger charge is -2.35. The highest BCUT2D eigenvalue weighted by Gasteiger charge is 2.29. The third-order valence-electron chi connectivity index (χ3n) is 17.1. The molecule has 5 aromatic rings. The molecule has 446 valence electrons. The molecule has 2 aromatic heterocycles. The number of nitrogen functional groups attached to an aromatic ring is 1. The number of rotatable bonds is 26. The van der Waals surface area contributed by atoms with E-state index in [1.165, 1.54) is 87.7 Å². The molecule has 3 atom stereocenters. The highest BCUT2D eigenvalue weighted by Crippen LogP contribution is 2.43. The number of fused-ring (bicyclic) bond motifs is 1. The van der Waals surface area contributed by atoms with Crippen LogP contribution in [0.15, 0.2) is 129 Å². The van der Waals surface area contributed by atoms with E-state index in [0.29, 0.717) is 12.0 Å². The van der Waals surface area contributed by atoms with E-state index in [1.54, 1.807) is 0 Å². The largest absolute Gasteiger partial charge is 0.399 e. The summed E-state index contributed by atoms with van der Waals surface area (Å²) in [6.45, 7) is 38.5. The molecule has 0 amide bonds. The van der Waals surface area contributed by atoms with Crippen LogP contribution in [0, 0.1) is 30.1 Å². The maximum absolute atomic E-state index is 5.36. The summed E-state index contributed by atoms with van der Waals surface area (Å²) in [7, 11) is 5.41.